The molecule has 0 aliphatic carbocycles. The predicted octanol–water partition coefficient (Wildman–Crippen LogP) is 14.2. The Morgan fingerprint density at radius 3 is 1.42 bits per heavy atom. The van der Waals surface area contributed by atoms with E-state index in [0.717, 1.165) is 105 Å². The number of para-hydroxylation sites is 2. The van der Waals surface area contributed by atoms with Gasteiger partial charge in [-0.15, -0.1) is 0 Å². The van der Waals surface area contributed by atoms with Crippen molar-refractivity contribution in [3.05, 3.63) is 194 Å². The van der Waals surface area contributed by atoms with Crippen LogP contribution < -0.4 is 0 Å². The number of pyridine rings is 1. The molecule has 0 atom stereocenters. The second kappa shape index (κ2) is 13.7. The van der Waals surface area contributed by atoms with Crippen LogP contribution in [0.4, 0.5) is 0 Å². The molecule has 0 bridgehead atoms. The minimum Gasteiger partial charge on any atom is -0.456 e. The van der Waals surface area contributed by atoms with E-state index >= 15 is 0 Å². The summed E-state index contributed by atoms with van der Waals surface area (Å²) in [6, 6.07) is 62.7. The lowest BCUT2D eigenvalue weighted by molar-refractivity contribution is 0.668. The van der Waals surface area contributed by atoms with Gasteiger partial charge in [0.25, 0.3) is 0 Å². The zero-order valence-electron chi connectivity index (χ0n) is 32.1. The normalized spacial score (nSPS) is 11.7. The van der Waals surface area contributed by atoms with E-state index in [2.05, 4.69) is 126 Å². The monoisotopic (exact) mass is 768 g/mol. The van der Waals surface area contributed by atoms with E-state index in [1.807, 2.05) is 66.9 Å². The van der Waals surface area contributed by atoms with Gasteiger partial charge in [-0.2, -0.15) is 0 Å². The van der Waals surface area contributed by atoms with Crippen LogP contribution >= 0.6 is 0 Å². The van der Waals surface area contributed by atoms with Gasteiger partial charge in [0, 0.05) is 56.2 Å². The number of rotatable bonds is 6. The summed E-state index contributed by atoms with van der Waals surface area (Å²) in [5, 5.41) is 6.44. The lowest BCUT2D eigenvalue weighted by Gasteiger charge is -2.14. The Balaban J connectivity index is 1.09. The Bertz CT molecular complexity index is 3480. The molecule has 12 aromatic rings. The molecule has 0 amide bonds. The average molecular weight is 769 g/mol. The van der Waals surface area contributed by atoms with E-state index in [1.165, 1.54) is 0 Å². The maximum Gasteiger partial charge on any atom is 0.164 e. The van der Waals surface area contributed by atoms with Crippen molar-refractivity contribution in [1.29, 1.82) is 0 Å². The predicted molar refractivity (Wildman–Crippen MR) is 242 cm³/mol. The molecular formula is C54H32N4O2. The number of nitrogens with zero attached hydrogens (tertiary/aromatic N) is 4. The Hall–Kier alpha value is -8.22. The van der Waals surface area contributed by atoms with Crippen LogP contribution in [0.15, 0.2) is 203 Å². The summed E-state index contributed by atoms with van der Waals surface area (Å²) in [6.45, 7) is 0. The topological polar surface area (TPSA) is 77.8 Å². The van der Waals surface area contributed by atoms with Crippen molar-refractivity contribution in [1.82, 2.24) is 19.9 Å². The molecule has 0 fully saturated rings. The summed E-state index contributed by atoms with van der Waals surface area (Å²) in [7, 11) is 0. The summed E-state index contributed by atoms with van der Waals surface area (Å²) in [6.07, 6.45) is 3.70. The quantitative estimate of drug-likeness (QED) is 0.168. The van der Waals surface area contributed by atoms with Crippen molar-refractivity contribution in [2.45, 2.75) is 0 Å². The van der Waals surface area contributed by atoms with Crippen LogP contribution in [0.2, 0.25) is 0 Å². The second-order valence-electron chi connectivity index (χ2n) is 15.0. The minimum atomic E-state index is 0.576. The summed E-state index contributed by atoms with van der Waals surface area (Å²) in [5.41, 5.74) is 12.5. The highest BCUT2D eigenvalue weighted by atomic mass is 16.3. The SMILES string of the molecule is c1ccc(-c2nc(-c3cc(-c4ccc5oc6ccccc6c5c4)cc(-c4ccc5oc6ccccc6c5c4)c3)nc(-c3cccc4c(-c5cccnc5)cccc34)n2)cc1. The van der Waals surface area contributed by atoms with E-state index in [0.29, 0.717) is 17.5 Å². The Morgan fingerprint density at radius 2 is 0.783 bits per heavy atom. The van der Waals surface area contributed by atoms with Crippen LogP contribution in [-0.4, -0.2) is 19.9 Å². The van der Waals surface area contributed by atoms with Gasteiger partial charge >= 0.3 is 0 Å². The van der Waals surface area contributed by atoms with E-state index in [1.54, 1.807) is 6.20 Å². The summed E-state index contributed by atoms with van der Waals surface area (Å²) < 4.78 is 12.5. The van der Waals surface area contributed by atoms with Crippen LogP contribution in [0.3, 0.4) is 0 Å². The van der Waals surface area contributed by atoms with Crippen molar-refractivity contribution in [3.8, 4) is 67.5 Å². The zero-order chi connectivity index (χ0) is 39.6. The molecule has 0 spiro atoms. The maximum atomic E-state index is 6.23. The van der Waals surface area contributed by atoms with Gasteiger partial charge in [0.15, 0.2) is 17.5 Å². The number of benzene rings is 8. The summed E-state index contributed by atoms with van der Waals surface area (Å²) >= 11 is 0. The van der Waals surface area contributed by atoms with E-state index in [9.17, 15) is 0 Å². The lowest BCUT2D eigenvalue weighted by atomic mass is 9.94. The first-order valence-corrected chi connectivity index (χ1v) is 19.9. The number of furan rings is 2. The van der Waals surface area contributed by atoms with Crippen molar-refractivity contribution in [3.63, 3.8) is 0 Å². The molecule has 280 valence electrons. The molecule has 12 rings (SSSR count). The van der Waals surface area contributed by atoms with Gasteiger partial charge in [-0.25, -0.2) is 15.0 Å². The number of hydrogen-bond acceptors (Lipinski definition) is 6. The highest BCUT2D eigenvalue weighted by Gasteiger charge is 2.18. The fourth-order valence-corrected chi connectivity index (χ4v) is 8.52. The van der Waals surface area contributed by atoms with Gasteiger partial charge in [0.1, 0.15) is 22.3 Å². The van der Waals surface area contributed by atoms with Gasteiger partial charge in [-0.1, -0.05) is 121 Å². The largest absolute Gasteiger partial charge is 0.456 e. The van der Waals surface area contributed by atoms with Crippen molar-refractivity contribution in [2.75, 3.05) is 0 Å². The molecule has 0 unspecified atom stereocenters. The van der Waals surface area contributed by atoms with Crippen molar-refractivity contribution < 1.29 is 8.83 Å². The molecular weight excluding hydrogens is 737 g/mol. The van der Waals surface area contributed by atoms with E-state index in [-0.39, 0.29) is 0 Å². The van der Waals surface area contributed by atoms with Crippen LogP contribution in [0.25, 0.3) is 122 Å². The van der Waals surface area contributed by atoms with Gasteiger partial charge < -0.3 is 8.83 Å². The molecule has 60 heavy (non-hydrogen) atoms. The summed E-state index contributed by atoms with van der Waals surface area (Å²) in [4.78, 5) is 20.1. The zero-order valence-corrected chi connectivity index (χ0v) is 32.1. The van der Waals surface area contributed by atoms with Gasteiger partial charge in [0.2, 0.25) is 0 Å². The summed E-state index contributed by atoms with van der Waals surface area (Å²) in [5.74, 6) is 1.77. The van der Waals surface area contributed by atoms with E-state index < -0.39 is 0 Å². The van der Waals surface area contributed by atoms with Gasteiger partial charge in [-0.3, -0.25) is 4.98 Å². The third-order valence-corrected chi connectivity index (χ3v) is 11.4. The Kier molecular flexibility index (Phi) is 7.74. The van der Waals surface area contributed by atoms with Gasteiger partial charge in [-0.05, 0) is 99.3 Å². The lowest BCUT2D eigenvalue weighted by Crippen LogP contribution is -2.01. The second-order valence-corrected chi connectivity index (χ2v) is 15.0. The van der Waals surface area contributed by atoms with E-state index in [4.69, 9.17) is 23.8 Å². The Labute approximate surface area is 344 Å². The highest BCUT2D eigenvalue weighted by Crippen LogP contribution is 2.40. The van der Waals surface area contributed by atoms with Crippen LogP contribution in [-0.2, 0) is 0 Å². The Morgan fingerprint density at radius 1 is 0.283 bits per heavy atom. The molecule has 0 radical (unpaired) electrons. The first-order valence-electron chi connectivity index (χ1n) is 19.9. The molecule has 0 saturated carbocycles. The third kappa shape index (κ3) is 5.73. The molecule has 0 saturated heterocycles. The molecule has 6 nitrogen and oxygen atoms in total. The number of fused-ring (bicyclic) bond motifs is 7. The smallest absolute Gasteiger partial charge is 0.164 e. The maximum absolute atomic E-state index is 6.23. The molecule has 0 aliphatic rings. The third-order valence-electron chi connectivity index (χ3n) is 11.4. The molecule has 8 aromatic carbocycles. The fraction of sp³-hybridized carbons (Fsp3) is 0. The highest BCUT2D eigenvalue weighted by molar-refractivity contribution is 6.08. The first-order chi connectivity index (χ1) is 29.7. The van der Waals surface area contributed by atoms with Crippen molar-refractivity contribution >= 4 is 54.6 Å². The van der Waals surface area contributed by atoms with Crippen LogP contribution in [0.1, 0.15) is 0 Å². The van der Waals surface area contributed by atoms with Gasteiger partial charge in [0.05, 0.1) is 0 Å². The molecule has 0 N–H and O–H groups in total. The van der Waals surface area contributed by atoms with Crippen molar-refractivity contribution in [2.24, 2.45) is 0 Å². The standard InChI is InChI=1S/C54H32N4O2/c1-2-11-33(12-3-1)52-56-53(58-54(57-52)45-19-9-17-41-40(16-8-18-42(41)45)36-13-10-26-55-32-36)39-28-37(34-22-24-50-46(30-34)43-14-4-6-20-48(43)59-50)27-38(29-39)35-23-25-51-47(31-35)44-15-5-7-21-49(44)60-51/h1-32H. The number of hydrogen-bond donors (Lipinski definition) is 0. The van der Waals surface area contributed by atoms with Crippen LogP contribution in [0, 0.1) is 0 Å². The first kappa shape index (κ1) is 33.9. The number of aromatic nitrogens is 4. The fourth-order valence-electron chi connectivity index (χ4n) is 8.52. The molecule has 0 aliphatic heterocycles. The molecule has 4 heterocycles. The molecule has 6 heteroatoms. The van der Waals surface area contributed by atoms with Crippen LogP contribution in [0.5, 0.6) is 0 Å². The average Bonchev–Trinajstić information content (AvgIpc) is 3.89. The minimum absolute atomic E-state index is 0.576. The molecule has 4 aromatic heterocycles.